The van der Waals surface area contributed by atoms with E-state index in [4.69, 9.17) is 4.74 Å². The van der Waals surface area contributed by atoms with Crippen LogP contribution in [0.5, 0.6) is 0 Å². The van der Waals surface area contributed by atoms with Gasteiger partial charge in [-0.2, -0.15) is 0 Å². The van der Waals surface area contributed by atoms with Crippen LogP contribution in [0, 0.1) is 0 Å². The van der Waals surface area contributed by atoms with Crippen molar-refractivity contribution in [1.82, 2.24) is 0 Å². The highest BCUT2D eigenvalue weighted by atomic mass is 16.5. The fourth-order valence-electron chi connectivity index (χ4n) is 0.840. The van der Waals surface area contributed by atoms with Gasteiger partial charge in [0.15, 0.2) is 0 Å². The Bertz CT molecular complexity index is 187. The zero-order valence-electron chi connectivity index (χ0n) is 8.37. The van der Waals surface area contributed by atoms with Crippen LogP contribution in [0.2, 0.25) is 0 Å². The van der Waals surface area contributed by atoms with Gasteiger partial charge in [0.05, 0.1) is 6.10 Å². The van der Waals surface area contributed by atoms with Gasteiger partial charge in [-0.25, -0.2) is 0 Å². The monoisotopic (exact) mass is 166 g/mol. The molecule has 0 heterocycles. The van der Waals surface area contributed by atoms with E-state index in [-0.39, 0.29) is 6.10 Å². The average molecular weight is 166 g/mol. The van der Waals surface area contributed by atoms with Crippen molar-refractivity contribution in [3.8, 4) is 0 Å². The van der Waals surface area contributed by atoms with Crippen LogP contribution in [-0.2, 0) is 4.74 Å². The van der Waals surface area contributed by atoms with Gasteiger partial charge in [0.2, 0.25) is 0 Å². The molecule has 12 heavy (non-hydrogen) atoms. The number of ether oxygens (including phenoxy) is 1. The maximum atomic E-state index is 5.11. The molecule has 68 valence electrons. The lowest BCUT2D eigenvalue weighted by atomic mass is 10.2. The number of methoxy groups -OCH3 is 1. The Balaban J connectivity index is 0.000000561. The van der Waals surface area contributed by atoms with Crippen molar-refractivity contribution in [3.63, 3.8) is 0 Å². The molecule has 0 radical (unpaired) electrons. The first-order chi connectivity index (χ1) is 5.83. The van der Waals surface area contributed by atoms with Gasteiger partial charge in [0.25, 0.3) is 0 Å². The molecule has 1 aliphatic rings. The van der Waals surface area contributed by atoms with Crippen molar-refractivity contribution < 1.29 is 4.74 Å². The van der Waals surface area contributed by atoms with E-state index in [1.165, 1.54) is 5.57 Å². The molecule has 0 bridgehead atoms. The minimum Gasteiger partial charge on any atom is -0.373 e. The highest BCUT2D eigenvalue weighted by Gasteiger charge is 1.96. The second-order valence-corrected chi connectivity index (χ2v) is 2.36. The molecule has 0 saturated heterocycles. The molecule has 1 rings (SSSR count). The van der Waals surface area contributed by atoms with E-state index in [0.717, 1.165) is 0 Å². The number of rotatable bonds is 1. The summed E-state index contributed by atoms with van der Waals surface area (Å²) < 4.78 is 5.11. The fraction of sp³-hybridized carbons (Fsp3) is 0.455. The van der Waals surface area contributed by atoms with Crippen molar-refractivity contribution in [1.29, 1.82) is 0 Å². The van der Waals surface area contributed by atoms with Crippen LogP contribution in [0.15, 0.2) is 36.0 Å². The van der Waals surface area contributed by atoms with Gasteiger partial charge in [-0.15, -0.1) is 0 Å². The van der Waals surface area contributed by atoms with Gasteiger partial charge in [0, 0.05) is 7.11 Å². The summed E-state index contributed by atoms with van der Waals surface area (Å²) in [7, 11) is 1.71. The molecule has 1 aliphatic carbocycles. The molecule has 0 amide bonds. The Morgan fingerprint density at radius 1 is 1.25 bits per heavy atom. The van der Waals surface area contributed by atoms with Crippen LogP contribution in [0.25, 0.3) is 0 Å². The third kappa shape index (κ3) is 4.14. The standard InChI is InChI=1S/C9H12O.C2H6/c1-8-4-3-5-9(10-2)7-6-8;1-2/h3-7,9H,1-2H3;1-2H3. The average Bonchev–Trinajstić information content (AvgIpc) is 2.33. The van der Waals surface area contributed by atoms with Gasteiger partial charge in [-0.1, -0.05) is 49.8 Å². The van der Waals surface area contributed by atoms with Crippen molar-refractivity contribution >= 4 is 0 Å². The molecule has 0 N–H and O–H groups in total. The van der Waals surface area contributed by atoms with Gasteiger partial charge in [0.1, 0.15) is 0 Å². The first kappa shape index (κ1) is 11.2. The minimum atomic E-state index is 0.147. The summed E-state index contributed by atoms with van der Waals surface area (Å²) in [5, 5.41) is 0. The molecule has 0 saturated carbocycles. The molecule has 0 aromatic carbocycles. The van der Waals surface area contributed by atoms with Crippen LogP contribution in [0.1, 0.15) is 20.8 Å². The molecular formula is C11H18O. The van der Waals surface area contributed by atoms with E-state index in [1.807, 2.05) is 32.1 Å². The molecule has 0 aliphatic heterocycles. The summed E-state index contributed by atoms with van der Waals surface area (Å²) in [6.45, 7) is 6.07. The van der Waals surface area contributed by atoms with Crippen LogP contribution in [0.3, 0.4) is 0 Å². The number of allylic oxidation sites excluding steroid dienone is 4. The Kier molecular flexibility index (Phi) is 6.39. The Hall–Kier alpha value is -0.820. The van der Waals surface area contributed by atoms with E-state index >= 15 is 0 Å². The van der Waals surface area contributed by atoms with Crippen molar-refractivity contribution in [2.24, 2.45) is 0 Å². The highest BCUT2D eigenvalue weighted by Crippen LogP contribution is 2.05. The van der Waals surface area contributed by atoms with E-state index in [1.54, 1.807) is 7.11 Å². The second-order valence-electron chi connectivity index (χ2n) is 2.36. The molecular weight excluding hydrogens is 148 g/mol. The molecule has 0 fully saturated rings. The predicted molar refractivity (Wildman–Crippen MR) is 54.2 cm³/mol. The topological polar surface area (TPSA) is 9.23 Å². The van der Waals surface area contributed by atoms with Crippen molar-refractivity contribution in [2.75, 3.05) is 7.11 Å². The maximum absolute atomic E-state index is 5.11. The Morgan fingerprint density at radius 2 is 1.92 bits per heavy atom. The summed E-state index contributed by atoms with van der Waals surface area (Å²) in [6, 6.07) is 0. The lowest BCUT2D eigenvalue weighted by Crippen LogP contribution is -2.00. The van der Waals surface area contributed by atoms with Gasteiger partial charge >= 0.3 is 0 Å². The normalized spacial score (nSPS) is 20.7. The maximum Gasteiger partial charge on any atom is 0.0939 e. The molecule has 1 atom stereocenters. The summed E-state index contributed by atoms with van der Waals surface area (Å²) >= 11 is 0. The first-order valence-corrected chi connectivity index (χ1v) is 4.39. The zero-order chi connectivity index (χ0) is 9.40. The molecule has 1 heteroatoms. The van der Waals surface area contributed by atoms with Crippen molar-refractivity contribution in [2.45, 2.75) is 26.9 Å². The Morgan fingerprint density at radius 3 is 2.50 bits per heavy atom. The summed E-state index contributed by atoms with van der Waals surface area (Å²) in [4.78, 5) is 0. The smallest absolute Gasteiger partial charge is 0.0939 e. The van der Waals surface area contributed by atoms with E-state index < -0.39 is 0 Å². The van der Waals surface area contributed by atoms with E-state index in [0.29, 0.717) is 0 Å². The van der Waals surface area contributed by atoms with Crippen LogP contribution < -0.4 is 0 Å². The first-order valence-electron chi connectivity index (χ1n) is 4.39. The quantitative estimate of drug-likeness (QED) is 0.581. The predicted octanol–water partition coefficient (Wildman–Crippen LogP) is 3.10. The third-order valence-corrected chi connectivity index (χ3v) is 1.48. The van der Waals surface area contributed by atoms with E-state index in [9.17, 15) is 0 Å². The third-order valence-electron chi connectivity index (χ3n) is 1.48. The van der Waals surface area contributed by atoms with Gasteiger partial charge in [-0.05, 0) is 6.92 Å². The van der Waals surface area contributed by atoms with Gasteiger partial charge in [-0.3, -0.25) is 0 Å². The molecule has 0 aromatic heterocycles. The SMILES string of the molecule is CC.COC1C=CC=C(C)C=C1. The number of hydrogen-bond donors (Lipinski definition) is 0. The highest BCUT2D eigenvalue weighted by molar-refractivity contribution is 5.27. The van der Waals surface area contributed by atoms with Gasteiger partial charge < -0.3 is 4.74 Å². The van der Waals surface area contributed by atoms with E-state index in [2.05, 4.69) is 19.1 Å². The fourth-order valence-corrected chi connectivity index (χ4v) is 0.840. The number of hydrogen-bond acceptors (Lipinski definition) is 1. The van der Waals surface area contributed by atoms with Crippen molar-refractivity contribution in [3.05, 3.63) is 36.0 Å². The largest absolute Gasteiger partial charge is 0.373 e. The summed E-state index contributed by atoms with van der Waals surface area (Å²) in [5.41, 5.74) is 1.26. The second kappa shape index (κ2) is 6.86. The van der Waals surface area contributed by atoms with Crippen LogP contribution >= 0.6 is 0 Å². The van der Waals surface area contributed by atoms with Crippen LogP contribution in [0.4, 0.5) is 0 Å². The molecule has 1 nitrogen and oxygen atoms in total. The molecule has 0 spiro atoms. The lowest BCUT2D eigenvalue weighted by Gasteiger charge is -2.01. The summed E-state index contributed by atoms with van der Waals surface area (Å²) in [6.07, 6.45) is 10.4. The molecule has 1 unspecified atom stereocenters. The Labute approximate surface area is 75.4 Å². The summed E-state index contributed by atoms with van der Waals surface area (Å²) in [5.74, 6) is 0. The minimum absolute atomic E-state index is 0.147. The molecule has 0 aromatic rings. The zero-order valence-corrected chi connectivity index (χ0v) is 8.37. The lowest BCUT2D eigenvalue weighted by molar-refractivity contribution is 0.178. The van der Waals surface area contributed by atoms with Crippen LogP contribution in [-0.4, -0.2) is 13.2 Å².